The first kappa shape index (κ1) is 8.59. The number of terminal acetylenes is 1. The van der Waals surface area contributed by atoms with Crippen molar-refractivity contribution >= 4 is 5.97 Å². The highest BCUT2D eigenvalue weighted by atomic mass is 16.5. The summed E-state index contributed by atoms with van der Waals surface area (Å²) in [6.07, 6.45) is 5.62. The van der Waals surface area contributed by atoms with E-state index in [1.54, 1.807) is 0 Å². The smallest absolute Gasteiger partial charge is 0.306 e. The van der Waals surface area contributed by atoms with Crippen molar-refractivity contribution in [2.45, 2.75) is 12.8 Å². The maximum Gasteiger partial charge on any atom is 0.306 e. The Hall–Kier alpha value is -1.41. The van der Waals surface area contributed by atoms with Crippen LogP contribution >= 0.6 is 0 Å². The molecule has 52 valence electrons. The summed E-state index contributed by atoms with van der Waals surface area (Å²) in [5.74, 6) is 6.90. The largest absolute Gasteiger partial charge is 0.469 e. The molecule has 0 fully saturated rings. The van der Waals surface area contributed by atoms with Crippen LogP contribution in [0.25, 0.3) is 0 Å². The lowest BCUT2D eigenvalue weighted by Gasteiger charge is -1.91. The van der Waals surface area contributed by atoms with Crippen LogP contribution in [0.4, 0.5) is 0 Å². The quantitative estimate of drug-likeness (QED) is 0.410. The molecule has 0 N–H and O–H groups in total. The maximum atomic E-state index is 10.4. The van der Waals surface area contributed by atoms with Gasteiger partial charge in [0.15, 0.2) is 0 Å². The zero-order chi connectivity index (χ0) is 7.82. The van der Waals surface area contributed by atoms with E-state index in [1.165, 1.54) is 7.11 Å². The van der Waals surface area contributed by atoms with E-state index in [1.807, 2.05) is 0 Å². The van der Waals surface area contributed by atoms with Crippen molar-refractivity contribution in [2.75, 3.05) is 7.11 Å². The molecule has 2 heteroatoms. The molecule has 0 aliphatic carbocycles. The second-order valence-corrected chi connectivity index (χ2v) is 1.52. The summed E-state index contributed by atoms with van der Waals surface area (Å²) < 4.78 is 4.37. The molecule has 0 rings (SSSR count). The zero-order valence-electron chi connectivity index (χ0n) is 5.81. The SMILES string of the molecule is C#CC#CCCC(=O)OC. The third-order valence-corrected chi connectivity index (χ3v) is 0.842. The van der Waals surface area contributed by atoms with Gasteiger partial charge < -0.3 is 4.74 Å². The highest BCUT2D eigenvalue weighted by Gasteiger charge is 1.94. The predicted octanol–water partition coefficient (Wildman–Crippen LogP) is 0.576. The summed E-state index contributed by atoms with van der Waals surface area (Å²) >= 11 is 0. The predicted molar refractivity (Wildman–Crippen MR) is 37.9 cm³/mol. The second kappa shape index (κ2) is 5.72. The molecule has 0 aromatic heterocycles. The van der Waals surface area contributed by atoms with Crippen LogP contribution < -0.4 is 0 Å². The minimum atomic E-state index is -0.258. The minimum absolute atomic E-state index is 0.258. The molecule has 0 atom stereocenters. The number of hydrogen-bond donors (Lipinski definition) is 0. The van der Waals surface area contributed by atoms with E-state index < -0.39 is 0 Å². The third-order valence-electron chi connectivity index (χ3n) is 0.842. The lowest BCUT2D eigenvalue weighted by Crippen LogP contribution is -1.97. The molecule has 0 bridgehead atoms. The van der Waals surface area contributed by atoms with Crippen molar-refractivity contribution in [1.82, 2.24) is 0 Å². The van der Waals surface area contributed by atoms with Gasteiger partial charge in [0, 0.05) is 6.42 Å². The van der Waals surface area contributed by atoms with Gasteiger partial charge in [0.2, 0.25) is 0 Å². The molecule has 0 spiro atoms. The molecule has 0 aromatic rings. The normalized spacial score (nSPS) is 6.80. The van der Waals surface area contributed by atoms with Crippen molar-refractivity contribution in [3.63, 3.8) is 0 Å². The van der Waals surface area contributed by atoms with E-state index in [-0.39, 0.29) is 5.97 Å². The first-order valence-electron chi connectivity index (χ1n) is 2.81. The van der Waals surface area contributed by atoms with E-state index in [0.29, 0.717) is 12.8 Å². The fraction of sp³-hybridized carbons (Fsp3) is 0.375. The molecule has 0 saturated heterocycles. The van der Waals surface area contributed by atoms with E-state index in [9.17, 15) is 4.79 Å². The number of ether oxygens (including phenoxy) is 1. The number of esters is 1. The molecule has 10 heavy (non-hydrogen) atoms. The summed E-state index contributed by atoms with van der Waals surface area (Å²) in [6, 6.07) is 0. The van der Waals surface area contributed by atoms with Crippen molar-refractivity contribution < 1.29 is 9.53 Å². The van der Waals surface area contributed by atoms with Crippen molar-refractivity contribution in [3.05, 3.63) is 0 Å². The zero-order valence-corrected chi connectivity index (χ0v) is 5.81. The van der Waals surface area contributed by atoms with Crippen LogP contribution in [0.1, 0.15) is 12.8 Å². The Bertz CT molecular complexity index is 200. The lowest BCUT2D eigenvalue weighted by molar-refractivity contribution is -0.140. The van der Waals surface area contributed by atoms with E-state index in [2.05, 4.69) is 22.5 Å². The van der Waals surface area contributed by atoms with Crippen LogP contribution in [0.2, 0.25) is 0 Å². The highest BCUT2D eigenvalue weighted by Crippen LogP contribution is 1.88. The van der Waals surface area contributed by atoms with Crippen molar-refractivity contribution in [1.29, 1.82) is 0 Å². The van der Waals surface area contributed by atoms with Gasteiger partial charge in [-0.05, 0) is 11.8 Å². The Morgan fingerprint density at radius 3 is 2.90 bits per heavy atom. The number of hydrogen-bond acceptors (Lipinski definition) is 2. The molecule has 0 aromatic carbocycles. The average molecular weight is 136 g/mol. The Labute approximate surface area is 60.6 Å². The molecule has 0 saturated carbocycles. The minimum Gasteiger partial charge on any atom is -0.469 e. The van der Waals surface area contributed by atoms with Crippen LogP contribution in [0.5, 0.6) is 0 Å². The fourth-order valence-corrected chi connectivity index (χ4v) is 0.380. The summed E-state index contributed by atoms with van der Waals surface area (Å²) in [7, 11) is 1.34. The number of methoxy groups -OCH3 is 1. The number of carbonyl (C=O) groups excluding carboxylic acids is 1. The van der Waals surface area contributed by atoms with Crippen LogP contribution in [-0.2, 0) is 9.53 Å². The van der Waals surface area contributed by atoms with E-state index in [4.69, 9.17) is 6.42 Å². The number of rotatable bonds is 2. The Morgan fingerprint density at radius 1 is 1.70 bits per heavy atom. The summed E-state index contributed by atoms with van der Waals surface area (Å²) in [5, 5.41) is 0. The lowest BCUT2D eigenvalue weighted by atomic mass is 10.3. The average Bonchev–Trinajstić information content (AvgIpc) is 1.98. The van der Waals surface area contributed by atoms with Gasteiger partial charge >= 0.3 is 5.97 Å². The van der Waals surface area contributed by atoms with E-state index in [0.717, 1.165) is 0 Å². The first-order valence-corrected chi connectivity index (χ1v) is 2.81. The van der Waals surface area contributed by atoms with Gasteiger partial charge in [0.05, 0.1) is 13.5 Å². The topological polar surface area (TPSA) is 26.3 Å². The molecule has 0 radical (unpaired) electrons. The maximum absolute atomic E-state index is 10.4. The molecule has 0 heterocycles. The second-order valence-electron chi connectivity index (χ2n) is 1.52. The molecule has 0 amide bonds. The van der Waals surface area contributed by atoms with Gasteiger partial charge in [0.25, 0.3) is 0 Å². The van der Waals surface area contributed by atoms with Crippen LogP contribution in [-0.4, -0.2) is 13.1 Å². The summed E-state index contributed by atoms with van der Waals surface area (Å²) in [5.41, 5.74) is 0. The number of carbonyl (C=O) groups is 1. The standard InChI is InChI=1S/C8H8O2/c1-3-4-5-6-7-8(9)10-2/h1H,6-7H2,2H3. The Kier molecular flexibility index (Phi) is 4.91. The summed E-state index contributed by atoms with van der Waals surface area (Å²) in [6.45, 7) is 0. The van der Waals surface area contributed by atoms with Gasteiger partial charge in [-0.3, -0.25) is 4.79 Å². The van der Waals surface area contributed by atoms with Crippen molar-refractivity contribution in [3.8, 4) is 24.2 Å². The van der Waals surface area contributed by atoms with Crippen LogP contribution in [0.3, 0.4) is 0 Å². The van der Waals surface area contributed by atoms with Crippen LogP contribution in [0.15, 0.2) is 0 Å². The summed E-state index contributed by atoms with van der Waals surface area (Å²) in [4.78, 5) is 10.4. The van der Waals surface area contributed by atoms with Crippen LogP contribution in [0, 0.1) is 24.2 Å². The van der Waals surface area contributed by atoms with Crippen molar-refractivity contribution in [2.24, 2.45) is 0 Å². The Balaban J connectivity index is 3.39. The van der Waals surface area contributed by atoms with Gasteiger partial charge in [-0.2, -0.15) is 0 Å². The Morgan fingerprint density at radius 2 is 2.40 bits per heavy atom. The van der Waals surface area contributed by atoms with Gasteiger partial charge in [-0.25, -0.2) is 0 Å². The molecule has 0 aliphatic rings. The highest BCUT2D eigenvalue weighted by molar-refractivity contribution is 5.69. The van der Waals surface area contributed by atoms with Gasteiger partial charge in [-0.15, -0.1) is 6.42 Å². The van der Waals surface area contributed by atoms with E-state index >= 15 is 0 Å². The monoisotopic (exact) mass is 136 g/mol. The molecule has 0 unspecified atom stereocenters. The molecular formula is C8H8O2. The molecule has 0 aliphatic heterocycles. The third kappa shape index (κ3) is 4.74. The molecule has 2 nitrogen and oxygen atoms in total. The van der Waals surface area contributed by atoms with Gasteiger partial charge in [0.1, 0.15) is 0 Å². The first-order chi connectivity index (χ1) is 4.81. The van der Waals surface area contributed by atoms with Gasteiger partial charge in [-0.1, -0.05) is 5.92 Å². The molecular weight excluding hydrogens is 128 g/mol. The fourth-order valence-electron chi connectivity index (χ4n) is 0.380.